The number of aliphatic hydroxyl groups excluding tert-OH is 1. The van der Waals surface area contributed by atoms with Gasteiger partial charge in [0.1, 0.15) is 60.7 Å². The summed E-state index contributed by atoms with van der Waals surface area (Å²) >= 11 is 0. The Morgan fingerprint density at radius 2 is 1.09 bits per heavy atom. The minimum absolute atomic E-state index is 0. The molecule has 3 heterocycles. The average molecular weight is 1360 g/mol. The topological polar surface area (TPSA) is 485 Å². The fourth-order valence-corrected chi connectivity index (χ4v) is 11.1. The van der Waals surface area contributed by atoms with E-state index in [2.05, 4.69) is 57.5 Å². The van der Waals surface area contributed by atoms with Crippen LogP contribution in [0.4, 0.5) is 4.79 Å². The molecule has 8 atom stereocenters. The fraction of sp³-hybridized carbons (Fsp3) is 0.394. The number of nitrogens with zero attached hydrogens (tertiary/aromatic N) is 2. The summed E-state index contributed by atoms with van der Waals surface area (Å²) in [5.74, 6) is -9.10. The lowest BCUT2D eigenvalue weighted by atomic mass is 9.99. The smallest absolute Gasteiger partial charge is 0.408 e. The van der Waals surface area contributed by atoms with Crippen molar-refractivity contribution in [2.24, 2.45) is 33.8 Å². The summed E-state index contributed by atoms with van der Waals surface area (Å²) in [7, 11) is 0. The first-order chi connectivity index (χ1) is 46.0. The number of benzene rings is 4. The predicted octanol–water partition coefficient (Wildman–Crippen LogP) is -0.0417. The number of rotatable bonds is 35. The number of primary amides is 2. The van der Waals surface area contributed by atoms with E-state index >= 15 is 9.59 Å². The monoisotopic (exact) mass is 1360 g/mol. The zero-order valence-electron chi connectivity index (χ0n) is 53.7. The van der Waals surface area contributed by atoms with E-state index in [4.69, 9.17) is 27.7 Å². The van der Waals surface area contributed by atoms with Crippen molar-refractivity contribution < 1.29 is 67.7 Å². The van der Waals surface area contributed by atoms with Crippen molar-refractivity contribution in [2.75, 3.05) is 26.2 Å². The SMILES string of the molecule is CC(C)C[C@H](NC(=O)[C@@H](Cc1c[nH]c2ccccc12)NC(=O)[C@H](Cc1ccc(O)cc1)NC(=O)[C@H](CO)NC(=O)[C@H](Cc1c[nH]c2ccccc12)NC(=O)[C@H](CCC(N)=O)NC(=O)OCc1ccccc1)C(=O)N[C@@H](CCCN=C(N)N)C(=O)N1CCC[C@H]1C(=O)NCC(N)=O.Cl. The van der Waals surface area contributed by atoms with E-state index in [1.807, 2.05) is 0 Å². The maximum atomic E-state index is 15.1. The van der Waals surface area contributed by atoms with Crippen LogP contribution in [0.25, 0.3) is 21.8 Å². The molecule has 0 bridgehead atoms. The number of likely N-dealkylation sites (tertiary alicyclic amines) is 1. The molecule has 520 valence electrons. The maximum absolute atomic E-state index is 15.1. The number of carbonyl (C=O) groups excluding carboxylic acids is 11. The highest BCUT2D eigenvalue weighted by Crippen LogP contribution is 2.24. The molecule has 6 aromatic rings. The first-order valence-electron chi connectivity index (χ1n) is 31.4. The molecule has 1 aliphatic rings. The van der Waals surface area contributed by atoms with E-state index in [-0.39, 0.29) is 108 Å². The quantitative estimate of drug-likeness (QED) is 0.0141. The molecular formula is C66H85ClN16O14. The van der Waals surface area contributed by atoms with Gasteiger partial charge in [-0.3, -0.25) is 52.9 Å². The van der Waals surface area contributed by atoms with Gasteiger partial charge in [-0.05, 0) is 91.0 Å². The Bertz CT molecular complexity index is 3750. The van der Waals surface area contributed by atoms with E-state index in [9.17, 15) is 53.4 Å². The van der Waals surface area contributed by atoms with Crippen molar-refractivity contribution in [2.45, 2.75) is 133 Å². The number of hydrogen-bond acceptors (Lipinski definition) is 15. The number of alkyl carbamates (subject to hydrolysis) is 1. The molecule has 0 radical (unpaired) electrons. The van der Waals surface area contributed by atoms with Crippen LogP contribution in [-0.4, -0.2) is 171 Å². The van der Waals surface area contributed by atoms with Crippen molar-refractivity contribution >= 4 is 105 Å². The number of carbonyl (C=O) groups is 11. The molecule has 20 N–H and O–H groups in total. The van der Waals surface area contributed by atoms with Crippen molar-refractivity contribution in [1.82, 2.24) is 57.4 Å². The van der Waals surface area contributed by atoms with E-state index in [1.165, 1.54) is 29.2 Å². The Morgan fingerprint density at radius 3 is 1.64 bits per heavy atom. The second-order valence-corrected chi connectivity index (χ2v) is 23.8. The summed E-state index contributed by atoms with van der Waals surface area (Å²) in [6, 6.07) is 16.9. The lowest BCUT2D eigenvalue weighted by molar-refractivity contribution is -0.142. The van der Waals surface area contributed by atoms with Gasteiger partial charge in [0, 0.05) is 73.0 Å². The number of halogens is 1. The van der Waals surface area contributed by atoms with Crippen LogP contribution in [0.3, 0.4) is 0 Å². The zero-order chi connectivity index (χ0) is 69.4. The maximum Gasteiger partial charge on any atom is 0.408 e. The lowest BCUT2D eigenvalue weighted by Crippen LogP contribution is -2.61. The Hall–Kier alpha value is -10.7. The van der Waals surface area contributed by atoms with Crippen molar-refractivity contribution in [3.63, 3.8) is 0 Å². The van der Waals surface area contributed by atoms with Gasteiger partial charge in [-0.2, -0.15) is 0 Å². The Kier molecular flexibility index (Phi) is 28.6. The van der Waals surface area contributed by atoms with Gasteiger partial charge < -0.3 is 95.3 Å². The molecule has 4 aromatic carbocycles. The number of aromatic amines is 2. The molecule has 0 aliphatic carbocycles. The number of phenolic OH excluding ortho intramolecular Hbond substituents is 1. The normalized spacial score (nSPS) is 14.8. The number of nitrogens with two attached hydrogens (primary N) is 4. The third kappa shape index (κ3) is 22.7. The minimum Gasteiger partial charge on any atom is -0.508 e. The van der Waals surface area contributed by atoms with E-state index in [1.54, 1.807) is 105 Å². The van der Waals surface area contributed by atoms with Gasteiger partial charge in [0.25, 0.3) is 0 Å². The molecule has 97 heavy (non-hydrogen) atoms. The van der Waals surface area contributed by atoms with E-state index < -0.39 is 127 Å². The molecule has 1 saturated heterocycles. The zero-order valence-corrected chi connectivity index (χ0v) is 54.5. The number of aromatic nitrogens is 2. The van der Waals surface area contributed by atoms with Crippen LogP contribution in [0.1, 0.15) is 81.0 Å². The first-order valence-corrected chi connectivity index (χ1v) is 31.4. The van der Waals surface area contributed by atoms with Gasteiger partial charge in [-0.15, -0.1) is 12.4 Å². The van der Waals surface area contributed by atoms with Crippen LogP contribution in [0.2, 0.25) is 0 Å². The molecular weight excluding hydrogens is 1280 g/mol. The molecule has 31 heteroatoms. The van der Waals surface area contributed by atoms with Gasteiger partial charge >= 0.3 is 6.09 Å². The van der Waals surface area contributed by atoms with Gasteiger partial charge in [-0.25, -0.2) is 4.79 Å². The number of aliphatic imine (C=N–C) groups is 1. The number of nitrogens with one attached hydrogen (secondary N) is 10. The van der Waals surface area contributed by atoms with Gasteiger partial charge in [0.2, 0.25) is 59.1 Å². The molecule has 11 amide bonds. The summed E-state index contributed by atoms with van der Waals surface area (Å²) < 4.78 is 5.35. The summed E-state index contributed by atoms with van der Waals surface area (Å²) in [6.45, 7) is 2.11. The highest BCUT2D eigenvalue weighted by atomic mass is 35.5. The van der Waals surface area contributed by atoms with Crippen LogP contribution in [-0.2, 0) is 78.6 Å². The second-order valence-electron chi connectivity index (χ2n) is 23.8. The number of phenols is 1. The number of ether oxygens (including phenoxy) is 1. The predicted molar refractivity (Wildman–Crippen MR) is 360 cm³/mol. The summed E-state index contributed by atoms with van der Waals surface area (Å²) in [5.41, 5.74) is 25.3. The molecule has 1 fully saturated rings. The molecule has 0 spiro atoms. The number of guanidine groups is 1. The summed E-state index contributed by atoms with van der Waals surface area (Å²) in [6.07, 6.45) is 1.68. The summed E-state index contributed by atoms with van der Waals surface area (Å²) in [4.78, 5) is 164. The second kappa shape index (κ2) is 36.8. The number of aliphatic hydroxyl groups is 1. The number of para-hydroxylation sites is 2. The van der Waals surface area contributed by atoms with Crippen LogP contribution < -0.4 is 65.5 Å². The van der Waals surface area contributed by atoms with Crippen molar-refractivity contribution in [3.05, 3.63) is 138 Å². The molecule has 0 saturated carbocycles. The number of H-pyrrole nitrogens is 2. The highest BCUT2D eigenvalue weighted by molar-refractivity contribution is 5.99. The molecule has 7 rings (SSSR count). The third-order valence-corrected chi connectivity index (χ3v) is 16.0. The largest absolute Gasteiger partial charge is 0.508 e. The van der Waals surface area contributed by atoms with Crippen LogP contribution in [0, 0.1) is 5.92 Å². The van der Waals surface area contributed by atoms with Crippen molar-refractivity contribution in [3.8, 4) is 5.75 Å². The van der Waals surface area contributed by atoms with E-state index in [0.717, 1.165) is 0 Å². The molecule has 0 unspecified atom stereocenters. The van der Waals surface area contributed by atoms with Gasteiger partial charge in [-0.1, -0.05) is 92.7 Å². The van der Waals surface area contributed by atoms with E-state index in [0.29, 0.717) is 50.5 Å². The van der Waals surface area contributed by atoms with Crippen molar-refractivity contribution in [1.29, 1.82) is 0 Å². The average Bonchev–Trinajstić information content (AvgIpc) is 1.80. The molecule has 1 aliphatic heterocycles. The van der Waals surface area contributed by atoms with Crippen LogP contribution in [0.5, 0.6) is 5.75 Å². The minimum atomic E-state index is -1.83. The van der Waals surface area contributed by atoms with Crippen LogP contribution >= 0.6 is 12.4 Å². The van der Waals surface area contributed by atoms with Gasteiger partial charge in [0.05, 0.1) is 13.2 Å². The highest BCUT2D eigenvalue weighted by Gasteiger charge is 2.40. The fourth-order valence-electron chi connectivity index (χ4n) is 11.1. The van der Waals surface area contributed by atoms with Crippen LogP contribution in [0.15, 0.2) is 121 Å². The third-order valence-electron chi connectivity index (χ3n) is 16.0. The number of aromatic hydroxyl groups is 1. The number of hydrogen-bond donors (Lipinski definition) is 16. The molecule has 2 aromatic heterocycles. The number of fused-ring (bicyclic) bond motifs is 2. The standard InChI is InChI=1S/C66H84N16O14.ClH/c1-37(2)28-49(58(88)75-48(18-10-26-71-65(69)70)64(94)82-27-11-19-54(82)63(93)74-34-56(68)86)76-60(90)51(30-40-32-72-45-16-8-6-14-43(40)45)79-59(89)50(29-38-20-22-42(84)23-21-38)77-62(92)53(35-83)80-61(91)52(31-41-33-73-46-17-9-7-15-44(41)46)78-57(87)47(24-25-55(67)85)81-66(95)96-36-39-12-4-3-5-13-39;/h3-9,12-17,20-23,32-33,37,47-54,72-73,83-84H,10-11,18-19,24-31,34-36H2,1-2H3,(H2,67,85)(H2,68,86)(H,74,93)(H,75,88)(H,76,90)(H,77,92)(H,78,87)(H,79,89)(H,80,91)(H,81,95)(H4,69,70,71);1H/t47-,48-,49-,50-,51+,52-,53-,54-;/m0./s1. The Morgan fingerprint density at radius 1 is 0.588 bits per heavy atom. The lowest BCUT2D eigenvalue weighted by Gasteiger charge is -2.30. The van der Waals surface area contributed by atoms with Gasteiger partial charge in [0.15, 0.2) is 5.96 Å². The Balaban J connectivity index is 0.0000149. The first kappa shape index (κ1) is 75.3. The summed E-state index contributed by atoms with van der Waals surface area (Å²) in [5, 5.41) is 43.4. The molecule has 30 nitrogen and oxygen atoms in total. The number of amides is 11. The Labute approximate surface area is 564 Å².